The normalized spacial score (nSPS) is 12.2. The SMILES string of the molecule is CCc1ccc(NC(=O)C(C)Sc2nnc(-c3c[nH]c4ccccc34)o2)cc1. The van der Waals surface area contributed by atoms with Crippen LogP contribution in [0.4, 0.5) is 5.69 Å². The van der Waals surface area contributed by atoms with Crippen molar-refractivity contribution in [1.29, 1.82) is 0 Å². The van der Waals surface area contributed by atoms with Gasteiger partial charge in [-0.2, -0.15) is 0 Å². The molecule has 0 fully saturated rings. The van der Waals surface area contributed by atoms with Crippen molar-refractivity contribution in [3.05, 3.63) is 60.3 Å². The van der Waals surface area contributed by atoms with Crippen LogP contribution < -0.4 is 5.32 Å². The van der Waals surface area contributed by atoms with Crippen LogP contribution >= 0.6 is 11.8 Å². The minimum absolute atomic E-state index is 0.110. The van der Waals surface area contributed by atoms with Crippen molar-refractivity contribution in [2.75, 3.05) is 5.32 Å². The van der Waals surface area contributed by atoms with E-state index in [0.717, 1.165) is 28.6 Å². The lowest BCUT2D eigenvalue weighted by molar-refractivity contribution is -0.115. The number of carbonyl (C=O) groups excluding carboxylic acids is 1. The van der Waals surface area contributed by atoms with E-state index in [1.54, 1.807) is 0 Å². The summed E-state index contributed by atoms with van der Waals surface area (Å²) < 4.78 is 5.78. The van der Waals surface area contributed by atoms with E-state index in [4.69, 9.17) is 4.42 Å². The Morgan fingerprint density at radius 2 is 1.96 bits per heavy atom. The van der Waals surface area contributed by atoms with Crippen molar-refractivity contribution in [3.63, 3.8) is 0 Å². The topological polar surface area (TPSA) is 83.8 Å². The minimum atomic E-state index is -0.373. The zero-order valence-corrected chi connectivity index (χ0v) is 16.4. The third kappa shape index (κ3) is 3.80. The van der Waals surface area contributed by atoms with Crippen LogP contribution in [0.3, 0.4) is 0 Å². The molecule has 0 aliphatic rings. The van der Waals surface area contributed by atoms with E-state index in [9.17, 15) is 4.79 Å². The molecule has 2 N–H and O–H groups in total. The molecule has 0 bridgehead atoms. The third-order valence-electron chi connectivity index (χ3n) is 4.50. The number of amides is 1. The van der Waals surface area contributed by atoms with Gasteiger partial charge in [-0.05, 0) is 37.1 Å². The Morgan fingerprint density at radius 1 is 1.18 bits per heavy atom. The first-order chi connectivity index (χ1) is 13.6. The van der Waals surface area contributed by atoms with Gasteiger partial charge in [-0.15, -0.1) is 10.2 Å². The molecule has 0 radical (unpaired) electrons. The molecule has 4 rings (SSSR count). The molecular weight excluding hydrogens is 372 g/mol. The van der Waals surface area contributed by atoms with Gasteiger partial charge in [-0.25, -0.2) is 0 Å². The second-order valence-corrected chi connectivity index (χ2v) is 7.71. The van der Waals surface area contributed by atoms with E-state index in [2.05, 4.69) is 27.4 Å². The first-order valence-corrected chi connectivity index (χ1v) is 9.98. The van der Waals surface area contributed by atoms with Crippen molar-refractivity contribution < 1.29 is 9.21 Å². The second kappa shape index (κ2) is 7.90. The van der Waals surface area contributed by atoms with E-state index in [0.29, 0.717) is 11.1 Å². The van der Waals surface area contributed by atoms with Gasteiger partial charge >= 0.3 is 0 Å². The van der Waals surface area contributed by atoms with Crippen LogP contribution in [0.1, 0.15) is 19.4 Å². The number of H-pyrrole nitrogens is 1. The molecule has 0 saturated heterocycles. The molecule has 2 aromatic carbocycles. The fourth-order valence-electron chi connectivity index (χ4n) is 2.89. The van der Waals surface area contributed by atoms with Crippen LogP contribution in [-0.2, 0) is 11.2 Å². The number of carbonyl (C=O) groups is 1. The van der Waals surface area contributed by atoms with E-state index in [1.165, 1.54) is 17.3 Å². The molecule has 1 atom stereocenters. The Labute approximate surface area is 166 Å². The van der Waals surface area contributed by atoms with Crippen LogP contribution in [-0.4, -0.2) is 26.3 Å². The quantitative estimate of drug-likeness (QED) is 0.456. The lowest BCUT2D eigenvalue weighted by atomic mass is 10.1. The van der Waals surface area contributed by atoms with Crippen LogP contribution in [0.5, 0.6) is 0 Å². The van der Waals surface area contributed by atoms with Gasteiger partial charge in [0.2, 0.25) is 5.91 Å². The number of aryl methyl sites for hydroxylation is 1. The fraction of sp³-hybridized carbons (Fsp3) is 0.190. The van der Waals surface area contributed by atoms with Crippen molar-refractivity contribution in [3.8, 4) is 11.5 Å². The van der Waals surface area contributed by atoms with Crippen LogP contribution in [0, 0.1) is 0 Å². The van der Waals surface area contributed by atoms with Crippen LogP contribution in [0.2, 0.25) is 0 Å². The number of aromatic amines is 1. The van der Waals surface area contributed by atoms with Gasteiger partial charge in [-0.1, -0.05) is 49.0 Å². The highest BCUT2D eigenvalue weighted by Gasteiger charge is 2.20. The molecular formula is C21H20N4O2S. The molecule has 2 heterocycles. The maximum atomic E-state index is 12.5. The number of aromatic nitrogens is 3. The smallest absolute Gasteiger partial charge is 0.277 e. The van der Waals surface area contributed by atoms with Gasteiger partial charge in [0.25, 0.3) is 11.1 Å². The molecule has 142 valence electrons. The average molecular weight is 392 g/mol. The Bertz CT molecular complexity index is 1100. The number of para-hydroxylation sites is 1. The lowest BCUT2D eigenvalue weighted by Gasteiger charge is -2.10. The second-order valence-electron chi connectivity index (χ2n) is 6.42. The van der Waals surface area contributed by atoms with E-state index in [1.807, 2.05) is 61.7 Å². The number of nitrogens with one attached hydrogen (secondary N) is 2. The third-order valence-corrected chi connectivity index (χ3v) is 5.44. The average Bonchev–Trinajstić information content (AvgIpc) is 3.35. The predicted molar refractivity (Wildman–Crippen MR) is 111 cm³/mol. The maximum Gasteiger partial charge on any atom is 0.277 e. The molecule has 7 heteroatoms. The van der Waals surface area contributed by atoms with Crippen LogP contribution in [0.15, 0.2) is 64.4 Å². The standard InChI is InChI=1S/C21H20N4O2S/c1-3-14-8-10-15(11-9-14)23-19(26)13(2)28-21-25-24-20(27-21)17-12-22-18-7-5-4-6-16(17)18/h4-13,22H,3H2,1-2H3,(H,23,26). The van der Waals surface area contributed by atoms with Crippen LogP contribution in [0.25, 0.3) is 22.4 Å². The molecule has 6 nitrogen and oxygen atoms in total. The first-order valence-electron chi connectivity index (χ1n) is 9.10. The molecule has 2 aromatic heterocycles. The molecule has 1 unspecified atom stereocenters. The minimum Gasteiger partial charge on any atom is -0.411 e. The number of hydrogen-bond acceptors (Lipinski definition) is 5. The number of thioether (sulfide) groups is 1. The summed E-state index contributed by atoms with van der Waals surface area (Å²) in [5, 5.41) is 12.1. The highest BCUT2D eigenvalue weighted by molar-refractivity contribution is 8.00. The van der Waals surface area contributed by atoms with Gasteiger partial charge in [-0.3, -0.25) is 4.79 Å². The Balaban J connectivity index is 1.43. The number of rotatable bonds is 6. The molecule has 0 aliphatic carbocycles. The summed E-state index contributed by atoms with van der Waals surface area (Å²) in [4.78, 5) is 15.6. The number of anilines is 1. The van der Waals surface area contributed by atoms with Crippen molar-refractivity contribution >= 4 is 34.3 Å². The summed E-state index contributed by atoms with van der Waals surface area (Å²) in [6.45, 7) is 3.91. The molecule has 0 spiro atoms. The molecule has 0 aliphatic heterocycles. The lowest BCUT2D eigenvalue weighted by Crippen LogP contribution is -2.22. The summed E-state index contributed by atoms with van der Waals surface area (Å²) in [6, 6.07) is 15.8. The summed E-state index contributed by atoms with van der Waals surface area (Å²) in [6.07, 6.45) is 2.82. The van der Waals surface area contributed by atoms with E-state index in [-0.39, 0.29) is 11.2 Å². The van der Waals surface area contributed by atoms with Gasteiger partial charge < -0.3 is 14.7 Å². The molecule has 28 heavy (non-hydrogen) atoms. The number of hydrogen-bond donors (Lipinski definition) is 2. The highest BCUT2D eigenvalue weighted by Crippen LogP contribution is 2.30. The Kier molecular flexibility index (Phi) is 5.16. The van der Waals surface area contributed by atoms with Gasteiger partial charge in [0.1, 0.15) is 0 Å². The first kappa shape index (κ1) is 18.3. The zero-order valence-electron chi connectivity index (χ0n) is 15.6. The number of benzene rings is 2. The van der Waals surface area contributed by atoms with Gasteiger partial charge in [0.15, 0.2) is 0 Å². The maximum absolute atomic E-state index is 12.5. The largest absolute Gasteiger partial charge is 0.411 e. The monoisotopic (exact) mass is 392 g/mol. The molecule has 1 amide bonds. The van der Waals surface area contributed by atoms with E-state index >= 15 is 0 Å². The number of nitrogens with zero attached hydrogens (tertiary/aromatic N) is 2. The summed E-state index contributed by atoms with van der Waals surface area (Å²) in [5.41, 5.74) is 3.87. The summed E-state index contributed by atoms with van der Waals surface area (Å²) in [7, 11) is 0. The van der Waals surface area contributed by atoms with Gasteiger partial charge in [0.05, 0.1) is 10.8 Å². The Morgan fingerprint density at radius 3 is 2.75 bits per heavy atom. The van der Waals surface area contributed by atoms with Crippen molar-refractivity contribution in [2.45, 2.75) is 30.7 Å². The summed E-state index contributed by atoms with van der Waals surface area (Å²) >= 11 is 1.24. The Hall–Kier alpha value is -3.06. The highest BCUT2D eigenvalue weighted by atomic mass is 32.2. The number of fused-ring (bicyclic) bond motifs is 1. The predicted octanol–water partition coefficient (Wildman–Crippen LogP) is 4.90. The zero-order chi connectivity index (χ0) is 19.5. The van der Waals surface area contributed by atoms with E-state index < -0.39 is 0 Å². The summed E-state index contributed by atoms with van der Waals surface area (Å²) in [5.74, 6) is 0.323. The molecule has 0 saturated carbocycles. The van der Waals surface area contributed by atoms with Crippen molar-refractivity contribution in [2.24, 2.45) is 0 Å². The molecule has 4 aromatic rings. The van der Waals surface area contributed by atoms with Crippen molar-refractivity contribution in [1.82, 2.24) is 15.2 Å². The fourth-order valence-corrected chi connectivity index (χ4v) is 3.57. The van der Waals surface area contributed by atoms with Gasteiger partial charge in [0, 0.05) is 22.8 Å².